The summed E-state index contributed by atoms with van der Waals surface area (Å²) in [6.07, 6.45) is 10.1. The molecule has 4 heterocycles. The molecule has 1 atom stereocenters. The Morgan fingerprint density at radius 2 is 2.00 bits per heavy atom. The SMILES string of the molecule is CNc1cc(OCc2cn3cc(C4CC4)cc(C#N)c3n2)ccn1.Cc1ccccc1.O=CC1[B]C1. The minimum Gasteiger partial charge on any atom is -0.487 e. The maximum absolute atomic E-state index is 9.54. The zero-order valence-corrected chi connectivity index (χ0v) is 20.6. The highest BCUT2D eigenvalue weighted by Crippen LogP contribution is 2.40. The fourth-order valence-corrected chi connectivity index (χ4v) is 3.48. The number of fused-ring (bicyclic) bond motifs is 1. The number of anilines is 1. The molecule has 1 aromatic carbocycles. The number of pyridine rings is 2. The molecule has 181 valence electrons. The van der Waals surface area contributed by atoms with Crippen LogP contribution in [-0.4, -0.2) is 35.0 Å². The number of ether oxygens (including phenoxy) is 1. The molecule has 8 heteroatoms. The van der Waals surface area contributed by atoms with Crippen molar-refractivity contribution in [2.45, 2.75) is 44.4 Å². The van der Waals surface area contributed by atoms with E-state index in [4.69, 9.17) is 4.74 Å². The average molecular weight is 478 g/mol. The van der Waals surface area contributed by atoms with E-state index in [2.05, 4.69) is 46.6 Å². The van der Waals surface area contributed by atoms with Gasteiger partial charge < -0.3 is 19.2 Å². The van der Waals surface area contributed by atoms with E-state index in [0.29, 0.717) is 29.6 Å². The maximum Gasteiger partial charge on any atom is 0.155 e. The zero-order valence-electron chi connectivity index (χ0n) is 20.6. The Kier molecular flexibility index (Phi) is 8.35. The van der Waals surface area contributed by atoms with Crippen molar-refractivity contribution < 1.29 is 9.53 Å². The van der Waals surface area contributed by atoms with E-state index in [-0.39, 0.29) is 0 Å². The molecule has 2 aliphatic rings. The predicted octanol–water partition coefficient (Wildman–Crippen LogP) is 5.20. The van der Waals surface area contributed by atoms with Crippen molar-refractivity contribution in [3.05, 3.63) is 89.5 Å². The van der Waals surface area contributed by atoms with Gasteiger partial charge in [0, 0.05) is 31.7 Å². The Hall–Kier alpha value is -4.12. The Labute approximate surface area is 212 Å². The molecule has 0 amide bonds. The Bertz CT molecular complexity index is 1340. The number of aryl methyl sites for hydroxylation is 1. The topological polar surface area (TPSA) is 92.3 Å². The lowest BCUT2D eigenvalue weighted by Gasteiger charge is -2.05. The molecule has 3 aromatic heterocycles. The van der Waals surface area contributed by atoms with Crippen molar-refractivity contribution in [2.75, 3.05) is 12.4 Å². The van der Waals surface area contributed by atoms with E-state index in [1.54, 1.807) is 6.20 Å². The summed E-state index contributed by atoms with van der Waals surface area (Å²) >= 11 is 0. The maximum atomic E-state index is 9.54. The zero-order chi connectivity index (χ0) is 25.3. The van der Waals surface area contributed by atoms with Crippen molar-refractivity contribution in [3.8, 4) is 11.8 Å². The second-order valence-electron chi connectivity index (χ2n) is 8.88. The highest BCUT2D eigenvalue weighted by atomic mass is 16.5. The summed E-state index contributed by atoms with van der Waals surface area (Å²) in [5.41, 5.74) is 4.64. The molecule has 1 saturated carbocycles. The van der Waals surface area contributed by atoms with Crippen LogP contribution in [0.5, 0.6) is 5.75 Å². The Morgan fingerprint density at radius 1 is 1.22 bits per heavy atom. The van der Waals surface area contributed by atoms with Crippen LogP contribution in [-0.2, 0) is 11.4 Å². The molecule has 0 spiro atoms. The number of hydrogen-bond acceptors (Lipinski definition) is 6. The van der Waals surface area contributed by atoms with Crippen LogP contribution in [0.15, 0.2) is 67.1 Å². The number of aldehydes is 1. The van der Waals surface area contributed by atoms with Gasteiger partial charge in [-0.05, 0) is 49.2 Å². The lowest BCUT2D eigenvalue weighted by atomic mass is 10.0. The summed E-state index contributed by atoms with van der Waals surface area (Å²) in [4.78, 5) is 18.2. The van der Waals surface area contributed by atoms with E-state index in [1.807, 2.05) is 61.3 Å². The number of aromatic nitrogens is 3. The molecule has 4 aromatic rings. The van der Waals surface area contributed by atoms with E-state index in [9.17, 15) is 10.1 Å². The van der Waals surface area contributed by atoms with Gasteiger partial charge in [-0.15, -0.1) is 0 Å². The third-order valence-electron chi connectivity index (χ3n) is 5.79. The average Bonchev–Trinajstić information content (AvgIpc) is 3.85. The number of nitriles is 1. The van der Waals surface area contributed by atoms with Crippen LogP contribution in [0.3, 0.4) is 0 Å². The Balaban J connectivity index is 0.000000207. The van der Waals surface area contributed by atoms with Gasteiger partial charge in [-0.3, -0.25) is 0 Å². The lowest BCUT2D eigenvalue weighted by molar-refractivity contribution is -0.107. The first-order valence-corrected chi connectivity index (χ1v) is 12.1. The number of carbonyl (C=O) groups is 1. The van der Waals surface area contributed by atoms with E-state index in [0.717, 1.165) is 29.9 Å². The second kappa shape index (κ2) is 12.0. The number of carbonyl (C=O) groups excluding carboxylic acids is 1. The van der Waals surface area contributed by atoms with Gasteiger partial charge in [0.2, 0.25) is 0 Å². The molecule has 7 nitrogen and oxygen atoms in total. The van der Waals surface area contributed by atoms with Gasteiger partial charge in [-0.25, -0.2) is 9.97 Å². The number of nitrogens with zero attached hydrogens (tertiary/aromatic N) is 4. The summed E-state index contributed by atoms with van der Waals surface area (Å²) in [6, 6.07) is 18.1. The second-order valence-corrected chi connectivity index (χ2v) is 8.88. The van der Waals surface area contributed by atoms with Crippen molar-refractivity contribution >= 4 is 25.0 Å². The smallest absolute Gasteiger partial charge is 0.155 e. The third-order valence-corrected chi connectivity index (χ3v) is 5.79. The fraction of sp³-hybridized carbons (Fsp3) is 0.286. The molecule has 1 N–H and O–H groups in total. The quantitative estimate of drug-likeness (QED) is 0.302. The highest BCUT2D eigenvalue weighted by molar-refractivity contribution is 6.56. The van der Waals surface area contributed by atoms with E-state index >= 15 is 0 Å². The molecule has 1 aliphatic heterocycles. The molecule has 1 unspecified atom stereocenters. The summed E-state index contributed by atoms with van der Waals surface area (Å²) in [6.45, 7) is 2.43. The monoisotopic (exact) mass is 478 g/mol. The van der Waals surface area contributed by atoms with Crippen molar-refractivity contribution in [3.63, 3.8) is 0 Å². The number of rotatable bonds is 6. The first-order chi connectivity index (χ1) is 17.6. The lowest BCUT2D eigenvalue weighted by Crippen LogP contribution is -1.97. The summed E-state index contributed by atoms with van der Waals surface area (Å²) < 4.78 is 7.73. The van der Waals surface area contributed by atoms with Crippen LogP contribution in [0.1, 0.15) is 41.1 Å². The van der Waals surface area contributed by atoms with E-state index in [1.165, 1.54) is 24.0 Å². The molecular formula is C28H29BN5O2. The van der Waals surface area contributed by atoms with Crippen LogP contribution in [0.25, 0.3) is 5.65 Å². The molecule has 0 bridgehead atoms. The van der Waals surface area contributed by atoms with Gasteiger partial charge in [0.1, 0.15) is 37.8 Å². The first-order valence-electron chi connectivity index (χ1n) is 12.1. The van der Waals surface area contributed by atoms with Gasteiger partial charge in [0.25, 0.3) is 0 Å². The van der Waals surface area contributed by atoms with Crippen LogP contribution < -0.4 is 10.1 Å². The minimum atomic E-state index is 0.329. The van der Waals surface area contributed by atoms with Gasteiger partial charge in [-0.2, -0.15) is 5.26 Å². The van der Waals surface area contributed by atoms with E-state index < -0.39 is 0 Å². The first kappa shape index (κ1) is 25.0. The van der Waals surface area contributed by atoms with Gasteiger partial charge in [0.05, 0.1) is 11.3 Å². The van der Waals surface area contributed by atoms with Crippen LogP contribution in [0.4, 0.5) is 5.82 Å². The van der Waals surface area contributed by atoms with Gasteiger partial charge in [-0.1, -0.05) is 42.2 Å². The van der Waals surface area contributed by atoms with Gasteiger partial charge >= 0.3 is 0 Å². The summed E-state index contributed by atoms with van der Waals surface area (Å²) in [5.74, 6) is 2.41. The number of benzene rings is 1. The van der Waals surface area contributed by atoms with Crippen LogP contribution >= 0.6 is 0 Å². The minimum absolute atomic E-state index is 0.329. The van der Waals surface area contributed by atoms with Crippen molar-refractivity contribution in [2.24, 2.45) is 0 Å². The molecule has 1 aliphatic carbocycles. The largest absolute Gasteiger partial charge is 0.487 e. The summed E-state index contributed by atoms with van der Waals surface area (Å²) in [5, 5.41) is 12.4. The Morgan fingerprint density at radius 3 is 2.56 bits per heavy atom. The van der Waals surface area contributed by atoms with Crippen LogP contribution in [0, 0.1) is 18.3 Å². The molecule has 6 rings (SSSR count). The fourth-order valence-electron chi connectivity index (χ4n) is 3.48. The van der Waals surface area contributed by atoms with Gasteiger partial charge in [0.15, 0.2) is 5.65 Å². The van der Waals surface area contributed by atoms with Crippen molar-refractivity contribution in [1.82, 2.24) is 14.4 Å². The van der Waals surface area contributed by atoms with Crippen LogP contribution in [0.2, 0.25) is 12.1 Å². The highest BCUT2D eigenvalue weighted by Gasteiger charge is 2.25. The number of hydrogen-bond donors (Lipinski definition) is 1. The number of nitrogens with one attached hydrogen (secondary N) is 1. The summed E-state index contributed by atoms with van der Waals surface area (Å²) in [7, 11) is 3.79. The van der Waals surface area contributed by atoms with Crippen molar-refractivity contribution in [1.29, 1.82) is 5.26 Å². The number of imidazole rings is 1. The molecule has 1 saturated heterocycles. The molecule has 1 radical (unpaired) electrons. The molecule has 2 fully saturated rings. The normalized spacial score (nSPS) is 15.2. The predicted molar refractivity (Wildman–Crippen MR) is 142 cm³/mol. The molecule has 36 heavy (non-hydrogen) atoms. The standard InChI is InChI=1S/C18H17N5O.C7H8.C3H4BO/c1-20-17-7-16(4-5-21-17)24-11-15-10-23-9-14(12-2-3-12)6-13(8-19)18(23)22-15;1-7-5-3-2-4-6-7;5-2-3-1-4-3/h4-7,9-10,12H,2-3,11H2,1H3,(H,20,21);2-6H,1H3;2-3H,1H2. The third kappa shape index (κ3) is 7.19. The molecular weight excluding hydrogens is 449 g/mol.